The summed E-state index contributed by atoms with van der Waals surface area (Å²) in [7, 11) is 1.63. The van der Waals surface area contributed by atoms with Gasteiger partial charge in [0.2, 0.25) is 5.88 Å². The van der Waals surface area contributed by atoms with E-state index in [9.17, 15) is 0 Å². The first-order valence-electron chi connectivity index (χ1n) is 6.70. The summed E-state index contributed by atoms with van der Waals surface area (Å²) in [4.78, 5) is 4.20. The van der Waals surface area contributed by atoms with E-state index in [1.54, 1.807) is 13.3 Å². The Morgan fingerprint density at radius 1 is 1.20 bits per heavy atom. The van der Waals surface area contributed by atoms with Crippen molar-refractivity contribution in [3.63, 3.8) is 0 Å². The van der Waals surface area contributed by atoms with Crippen LogP contribution < -0.4 is 15.2 Å². The SMILES string of the molecule is CCc1ccc(Oc2cc(C(C)N)ccn2)c(OC)c1. The van der Waals surface area contributed by atoms with Gasteiger partial charge in [0, 0.05) is 18.3 Å². The maximum atomic E-state index is 5.86. The van der Waals surface area contributed by atoms with Crippen molar-refractivity contribution in [2.75, 3.05) is 7.11 Å². The van der Waals surface area contributed by atoms with Crippen LogP contribution in [0.3, 0.4) is 0 Å². The molecule has 0 fully saturated rings. The lowest BCUT2D eigenvalue weighted by Gasteiger charge is -2.12. The number of methoxy groups -OCH3 is 1. The Bertz CT molecular complexity index is 582. The molecule has 1 atom stereocenters. The Labute approximate surface area is 119 Å². The van der Waals surface area contributed by atoms with E-state index in [0.717, 1.165) is 12.0 Å². The maximum absolute atomic E-state index is 5.86. The zero-order valence-electron chi connectivity index (χ0n) is 12.1. The molecule has 0 bridgehead atoms. The Morgan fingerprint density at radius 2 is 2.00 bits per heavy atom. The Balaban J connectivity index is 2.27. The Kier molecular flexibility index (Phi) is 4.58. The molecule has 0 radical (unpaired) electrons. The van der Waals surface area contributed by atoms with Gasteiger partial charge < -0.3 is 15.2 Å². The van der Waals surface area contributed by atoms with Crippen LogP contribution in [-0.2, 0) is 6.42 Å². The number of pyridine rings is 1. The van der Waals surface area contributed by atoms with Gasteiger partial charge in [0.15, 0.2) is 11.5 Å². The van der Waals surface area contributed by atoms with Crippen LogP contribution >= 0.6 is 0 Å². The highest BCUT2D eigenvalue weighted by Gasteiger charge is 2.08. The van der Waals surface area contributed by atoms with E-state index in [1.807, 2.05) is 37.3 Å². The lowest BCUT2D eigenvalue weighted by atomic mass is 10.1. The minimum atomic E-state index is -0.0512. The lowest BCUT2D eigenvalue weighted by Crippen LogP contribution is -2.05. The highest BCUT2D eigenvalue weighted by molar-refractivity contribution is 5.44. The molecule has 0 amide bonds. The van der Waals surface area contributed by atoms with Crippen LogP contribution in [0.25, 0.3) is 0 Å². The van der Waals surface area contributed by atoms with E-state index in [4.69, 9.17) is 15.2 Å². The third-order valence-electron chi connectivity index (χ3n) is 3.14. The molecular weight excluding hydrogens is 252 g/mol. The van der Waals surface area contributed by atoms with Crippen molar-refractivity contribution < 1.29 is 9.47 Å². The molecule has 4 heteroatoms. The molecule has 20 heavy (non-hydrogen) atoms. The molecular formula is C16H20N2O2. The highest BCUT2D eigenvalue weighted by atomic mass is 16.5. The summed E-state index contributed by atoms with van der Waals surface area (Å²) < 4.78 is 11.2. The third-order valence-corrected chi connectivity index (χ3v) is 3.14. The molecule has 0 saturated heterocycles. The summed E-state index contributed by atoms with van der Waals surface area (Å²) in [6.07, 6.45) is 2.65. The van der Waals surface area contributed by atoms with Crippen molar-refractivity contribution in [1.29, 1.82) is 0 Å². The second kappa shape index (κ2) is 6.39. The predicted octanol–water partition coefficient (Wildman–Crippen LogP) is 3.46. The zero-order chi connectivity index (χ0) is 14.5. The molecule has 0 aliphatic carbocycles. The van der Waals surface area contributed by atoms with Gasteiger partial charge in [-0.3, -0.25) is 0 Å². The Morgan fingerprint density at radius 3 is 2.65 bits per heavy atom. The number of benzene rings is 1. The van der Waals surface area contributed by atoms with Gasteiger partial charge in [-0.15, -0.1) is 0 Å². The van der Waals surface area contributed by atoms with Gasteiger partial charge in [-0.1, -0.05) is 13.0 Å². The maximum Gasteiger partial charge on any atom is 0.219 e. The number of rotatable bonds is 5. The van der Waals surface area contributed by atoms with Crippen LogP contribution in [0.4, 0.5) is 0 Å². The highest BCUT2D eigenvalue weighted by Crippen LogP contribution is 2.32. The monoisotopic (exact) mass is 272 g/mol. The van der Waals surface area contributed by atoms with E-state index < -0.39 is 0 Å². The quantitative estimate of drug-likeness (QED) is 0.905. The summed E-state index contributed by atoms with van der Waals surface area (Å²) in [5, 5.41) is 0. The molecule has 1 aromatic carbocycles. The molecule has 0 aliphatic heterocycles. The van der Waals surface area contributed by atoms with Crippen LogP contribution in [-0.4, -0.2) is 12.1 Å². The topological polar surface area (TPSA) is 57.4 Å². The fourth-order valence-corrected chi connectivity index (χ4v) is 1.89. The predicted molar refractivity (Wildman–Crippen MR) is 79.3 cm³/mol. The molecule has 106 valence electrons. The summed E-state index contributed by atoms with van der Waals surface area (Å²) in [6.45, 7) is 4.03. The number of nitrogens with two attached hydrogens (primary N) is 1. The van der Waals surface area contributed by atoms with Crippen LogP contribution in [0.1, 0.15) is 31.0 Å². The molecule has 1 heterocycles. The van der Waals surface area contributed by atoms with Gasteiger partial charge in [-0.05, 0) is 42.7 Å². The van der Waals surface area contributed by atoms with Crippen molar-refractivity contribution in [3.8, 4) is 17.4 Å². The molecule has 0 aliphatic rings. The average molecular weight is 272 g/mol. The number of hydrogen-bond donors (Lipinski definition) is 1. The number of aryl methyl sites for hydroxylation is 1. The van der Waals surface area contributed by atoms with E-state index in [2.05, 4.69) is 11.9 Å². The van der Waals surface area contributed by atoms with Crippen molar-refractivity contribution in [1.82, 2.24) is 4.98 Å². The number of aromatic nitrogens is 1. The van der Waals surface area contributed by atoms with Crippen LogP contribution in [0.5, 0.6) is 17.4 Å². The number of ether oxygens (including phenoxy) is 2. The number of nitrogens with zero attached hydrogens (tertiary/aromatic N) is 1. The van der Waals surface area contributed by atoms with Gasteiger partial charge in [0.05, 0.1) is 7.11 Å². The second-order valence-corrected chi connectivity index (χ2v) is 4.66. The van der Waals surface area contributed by atoms with Gasteiger partial charge in [0.25, 0.3) is 0 Å². The van der Waals surface area contributed by atoms with Gasteiger partial charge >= 0.3 is 0 Å². The van der Waals surface area contributed by atoms with Crippen molar-refractivity contribution in [3.05, 3.63) is 47.7 Å². The summed E-state index contributed by atoms with van der Waals surface area (Å²) >= 11 is 0. The normalized spacial score (nSPS) is 12.0. The van der Waals surface area contributed by atoms with Crippen LogP contribution in [0.2, 0.25) is 0 Å². The van der Waals surface area contributed by atoms with E-state index in [0.29, 0.717) is 17.4 Å². The van der Waals surface area contributed by atoms with E-state index in [-0.39, 0.29) is 6.04 Å². The van der Waals surface area contributed by atoms with Crippen LogP contribution in [0.15, 0.2) is 36.5 Å². The standard InChI is InChI=1S/C16H20N2O2/c1-4-12-5-6-14(15(9-12)19-3)20-16-10-13(11(2)17)7-8-18-16/h5-11H,4,17H2,1-3H3. The molecule has 0 spiro atoms. The first kappa shape index (κ1) is 14.3. The first-order valence-corrected chi connectivity index (χ1v) is 6.70. The molecule has 1 unspecified atom stereocenters. The van der Waals surface area contributed by atoms with Crippen molar-refractivity contribution >= 4 is 0 Å². The van der Waals surface area contributed by atoms with Crippen LogP contribution in [0, 0.1) is 0 Å². The average Bonchev–Trinajstić information content (AvgIpc) is 2.48. The van der Waals surface area contributed by atoms with Gasteiger partial charge in [0.1, 0.15) is 0 Å². The molecule has 2 N–H and O–H groups in total. The zero-order valence-corrected chi connectivity index (χ0v) is 12.1. The summed E-state index contributed by atoms with van der Waals surface area (Å²) in [5.74, 6) is 1.87. The van der Waals surface area contributed by atoms with Gasteiger partial charge in [-0.2, -0.15) is 0 Å². The largest absolute Gasteiger partial charge is 0.493 e. The molecule has 2 aromatic rings. The number of hydrogen-bond acceptors (Lipinski definition) is 4. The second-order valence-electron chi connectivity index (χ2n) is 4.66. The van der Waals surface area contributed by atoms with E-state index >= 15 is 0 Å². The third kappa shape index (κ3) is 3.27. The minimum absolute atomic E-state index is 0.0512. The molecule has 4 nitrogen and oxygen atoms in total. The smallest absolute Gasteiger partial charge is 0.219 e. The molecule has 1 aromatic heterocycles. The first-order chi connectivity index (χ1) is 9.63. The van der Waals surface area contributed by atoms with E-state index in [1.165, 1.54) is 5.56 Å². The fourth-order valence-electron chi connectivity index (χ4n) is 1.89. The van der Waals surface area contributed by atoms with Crippen molar-refractivity contribution in [2.24, 2.45) is 5.73 Å². The fraction of sp³-hybridized carbons (Fsp3) is 0.312. The summed E-state index contributed by atoms with van der Waals surface area (Å²) in [5.41, 5.74) is 8.05. The van der Waals surface area contributed by atoms with Crippen molar-refractivity contribution in [2.45, 2.75) is 26.3 Å². The molecule has 2 rings (SSSR count). The molecule has 0 saturated carbocycles. The minimum Gasteiger partial charge on any atom is -0.493 e. The lowest BCUT2D eigenvalue weighted by molar-refractivity contribution is 0.373. The Hall–Kier alpha value is -2.07. The summed E-state index contributed by atoms with van der Waals surface area (Å²) in [6, 6.07) is 9.58. The van der Waals surface area contributed by atoms with Gasteiger partial charge in [-0.25, -0.2) is 4.98 Å².